The predicted molar refractivity (Wildman–Crippen MR) is 85.9 cm³/mol. The van der Waals surface area contributed by atoms with Crippen LogP contribution in [0.25, 0.3) is 0 Å². The molecule has 2 rings (SSSR count). The number of rotatable bonds is 4. The van der Waals surface area contributed by atoms with E-state index in [1.807, 2.05) is 18.2 Å². The molecule has 1 fully saturated rings. The lowest BCUT2D eigenvalue weighted by atomic mass is 9.92. The van der Waals surface area contributed by atoms with Crippen molar-refractivity contribution < 1.29 is 9.53 Å². The van der Waals surface area contributed by atoms with E-state index >= 15 is 0 Å². The number of carbonyl (C=O) groups is 1. The summed E-state index contributed by atoms with van der Waals surface area (Å²) in [5.74, 6) is 0.0324. The summed E-state index contributed by atoms with van der Waals surface area (Å²) >= 11 is 0. The van der Waals surface area contributed by atoms with Gasteiger partial charge in [0, 0.05) is 32.5 Å². The molecule has 1 aliphatic rings. The standard InChI is InChI=1S/C17H26N2O2/c1-12-9-10-13(17(20)19(2)3)11-15(12)18-14-7-5-6-8-16(14)21-4/h9-11,14,16,18H,5-8H2,1-4H3. The van der Waals surface area contributed by atoms with Crippen molar-refractivity contribution in [3.8, 4) is 0 Å². The largest absolute Gasteiger partial charge is 0.379 e. The van der Waals surface area contributed by atoms with E-state index in [-0.39, 0.29) is 12.0 Å². The molecule has 0 spiro atoms. The minimum absolute atomic E-state index is 0.0324. The molecular weight excluding hydrogens is 264 g/mol. The van der Waals surface area contributed by atoms with Crippen molar-refractivity contribution in [3.05, 3.63) is 29.3 Å². The molecule has 1 aromatic rings. The molecule has 2 atom stereocenters. The lowest BCUT2D eigenvalue weighted by Crippen LogP contribution is -2.38. The van der Waals surface area contributed by atoms with Crippen LogP contribution in [0.1, 0.15) is 41.6 Å². The summed E-state index contributed by atoms with van der Waals surface area (Å²) in [7, 11) is 5.33. The third-order valence-corrected chi connectivity index (χ3v) is 4.24. The number of hydrogen-bond donors (Lipinski definition) is 1. The minimum atomic E-state index is 0.0324. The van der Waals surface area contributed by atoms with Crippen molar-refractivity contribution in [2.45, 2.75) is 44.8 Å². The molecule has 4 heteroatoms. The average molecular weight is 290 g/mol. The monoisotopic (exact) mass is 290 g/mol. The fourth-order valence-corrected chi connectivity index (χ4v) is 2.91. The Bertz CT molecular complexity index is 500. The van der Waals surface area contributed by atoms with Gasteiger partial charge in [-0.25, -0.2) is 0 Å². The number of amides is 1. The van der Waals surface area contributed by atoms with Crippen LogP contribution in [-0.4, -0.2) is 44.2 Å². The van der Waals surface area contributed by atoms with E-state index in [4.69, 9.17) is 4.74 Å². The van der Waals surface area contributed by atoms with Crippen LogP contribution in [0, 0.1) is 6.92 Å². The number of methoxy groups -OCH3 is 1. The zero-order valence-electron chi connectivity index (χ0n) is 13.5. The SMILES string of the molecule is COC1CCCCC1Nc1cc(C(=O)N(C)C)ccc1C. The topological polar surface area (TPSA) is 41.6 Å². The van der Waals surface area contributed by atoms with Crippen LogP contribution in [0.15, 0.2) is 18.2 Å². The summed E-state index contributed by atoms with van der Waals surface area (Å²) < 4.78 is 5.59. The molecule has 0 bridgehead atoms. The first kappa shape index (κ1) is 15.8. The van der Waals surface area contributed by atoms with Crippen LogP contribution < -0.4 is 5.32 Å². The summed E-state index contributed by atoms with van der Waals surface area (Å²) in [6.45, 7) is 2.07. The molecule has 4 nitrogen and oxygen atoms in total. The van der Waals surface area contributed by atoms with E-state index in [1.165, 1.54) is 12.8 Å². The summed E-state index contributed by atoms with van der Waals surface area (Å²) in [5.41, 5.74) is 2.92. The summed E-state index contributed by atoms with van der Waals surface area (Å²) in [6.07, 6.45) is 4.93. The molecule has 1 aliphatic carbocycles. The van der Waals surface area contributed by atoms with Crippen molar-refractivity contribution in [3.63, 3.8) is 0 Å². The molecule has 0 heterocycles. The Morgan fingerprint density at radius 1 is 1.29 bits per heavy atom. The van der Waals surface area contributed by atoms with Crippen LogP contribution in [0.3, 0.4) is 0 Å². The highest BCUT2D eigenvalue weighted by atomic mass is 16.5. The van der Waals surface area contributed by atoms with Gasteiger partial charge < -0.3 is 15.0 Å². The van der Waals surface area contributed by atoms with Crippen LogP contribution >= 0.6 is 0 Å². The molecular formula is C17H26N2O2. The van der Waals surface area contributed by atoms with Gasteiger partial charge in [-0.1, -0.05) is 18.9 Å². The summed E-state index contributed by atoms with van der Waals surface area (Å²) in [5, 5.41) is 3.59. The lowest BCUT2D eigenvalue weighted by molar-refractivity contribution is 0.0606. The zero-order chi connectivity index (χ0) is 15.4. The van der Waals surface area contributed by atoms with Gasteiger partial charge in [-0.3, -0.25) is 4.79 Å². The van der Waals surface area contributed by atoms with Crippen molar-refractivity contribution in [1.29, 1.82) is 0 Å². The first-order chi connectivity index (χ1) is 10.0. The normalized spacial score (nSPS) is 21.9. The summed E-state index contributed by atoms with van der Waals surface area (Å²) in [6, 6.07) is 6.17. The molecule has 0 radical (unpaired) electrons. The lowest BCUT2D eigenvalue weighted by Gasteiger charge is -2.32. The van der Waals surface area contributed by atoms with Crippen molar-refractivity contribution >= 4 is 11.6 Å². The van der Waals surface area contributed by atoms with Gasteiger partial charge >= 0.3 is 0 Å². The van der Waals surface area contributed by atoms with E-state index in [0.29, 0.717) is 6.04 Å². The molecule has 2 unspecified atom stereocenters. The molecule has 0 saturated heterocycles. The Morgan fingerprint density at radius 3 is 2.67 bits per heavy atom. The van der Waals surface area contributed by atoms with Gasteiger partial charge in [-0.15, -0.1) is 0 Å². The van der Waals surface area contributed by atoms with Gasteiger partial charge in [0.05, 0.1) is 12.1 Å². The van der Waals surface area contributed by atoms with E-state index in [9.17, 15) is 4.79 Å². The third kappa shape index (κ3) is 3.76. The molecule has 1 amide bonds. The minimum Gasteiger partial charge on any atom is -0.379 e. The first-order valence-corrected chi connectivity index (χ1v) is 7.64. The molecule has 21 heavy (non-hydrogen) atoms. The van der Waals surface area contributed by atoms with E-state index < -0.39 is 0 Å². The van der Waals surface area contributed by atoms with Gasteiger partial charge in [0.25, 0.3) is 5.91 Å². The number of carbonyl (C=O) groups excluding carboxylic acids is 1. The average Bonchev–Trinajstić information content (AvgIpc) is 2.49. The molecule has 1 aromatic carbocycles. The van der Waals surface area contributed by atoms with E-state index in [1.54, 1.807) is 26.1 Å². The number of aryl methyl sites for hydroxylation is 1. The molecule has 1 N–H and O–H groups in total. The second-order valence-corrected chi connectivity index (χ2v) is 6.04. The van der Waals surface area contributed by atoms with Crippen LogP contribution in [0.4, 0.5) is 5.69 Å². The number of ether oxygens (including phenoxy) is 1. The maximum Gasteiger partial charge on any atom is 0.253 e. The smallest absolute Gasteiger partial charge is 0.253 e. The zero-order valence-corrected chi connectivity index (χ0v) is 13.5. The van der Waals surface area contributed by atoms with Gasteiger partial charge in [-0.05, 0) is 37.5 Å². The molecule has 0 aliphatic heterocycles. The maximum atomic E-state index is 12.1. The van der Waals surface area contributed by atoms with Gasteiger partial charge in [0.2, 0.25) is 0 Å². The quantitative estimate of drug-likeness (QED) is 0.926. The molecule has 1 saturated carbocycles. The third-order valence-electron chi connectivity index (χ3n) is 4.24. The number of anilines is 1. The molecule has 116 valence electrons. The van der Waals surface area contributed by atoms with Crippen LogP contribution in [0.5, 0.6) is 0 Å². The Hall–Kier alpha value is -1.55. The highest BCUT2D eigenvalue weighted by Gasteiger charge is 2.25. The molecule has 0 aromatic heterocycles. The Balaban J connectivity index is 2.18. The fraction of sp³-hybridized carbons (Fsp3) is 0.588. The Labute approximate surface area is 127 Å². The van der Waals surface area contributed by atoms with Crippen LogP contribution in [0.2, 0.25) is 0 Å². The van der Waals surface area contributed by atoms with Gasteiger partial charge in [-0.2, -0.15) is 0 Å². The van der Waals surface area contributed by atoms with Crippen molar-refractivity contribution in [2.75, 3.05) is 26.5 Å². The Morgan fingerprint density at radius 2 is 2.00 bits per heavy atom. The second kappa shape index (κ2) is 6.94. The fourth-order valence-electron chi connectivity index (χ4n) is 2.91. The summed E-state index contributed by atoms with van der Waals surface area (Å²) in [4.78, 5) is 13.7. The maximum absolute atomic E-state index is 12.1. The van der Waals surface area contributed by atoms with Crippen LogP contribution in [-0.2, 0) is 4.74 Å². The highest BCUT2D eigenvalue weighted by Crippen LogP contribution is 2.26. The second-order valence-electron chi connectivity index (χ2n) is 6.04. The number of benzene rings is 1. The first-order valence-electron chi connectivity index (χ1n) is 7.64. The van der Waals surface area contributed by atoms with Gasteiger partial charge in [0.15, 0.2) is 0 Å². The Kier molecular flexibility index (Phi) is 5.23. The highest BCUT2D eigenvalue weighted by molar-refractivity contribution is 5.95. The van der Waals surface area contributed by atoms with Crippen molar-refractivity contribution in [2.24, 2.45) is 0 Å². The van der Waals surface area contributed by atoms with E-state index in [0.717, 1.165) is 29.7 Å². The van der Waals surface area contributed by atoms with E-state index in [2.05, 4.69) is 12.2 Å². The van der Waals surface area contributed by atoms with Crippen molar-refractivity contribution in [1.82, 2.24) is 4.90 Å². The number of nitrogens with one attached hydrogen (secondary N) is 1. The number of nitrogens with zero attached hydrogens (tertiary/aromatic N) is 1. The predicted octanol–water partition coefficient (Wildman–Crippen LogP) is 3.07. The number of hydrogen-bond acceptors (Lipinski definition) is 3. The van der Waals surface area contributed by atoms with Gasteiger partial charge in [0.1, 0.15) is 0 Å².